The first-order valence-corrected chi connectivity index (χ1v) is 6.49. The summed E-state index contributed by atoms with van der Waals surface area (Å²) in [6, 6.07) is 7.82. The summed E-state index contributed by atoms with van der Waals surface area (Å²) in [5, 5.41) is 6.86. The van der Waals surface area contributed by atoms with Crippen molar-refractivity contribution in [3.63, 3.8) is 0 Å². The van der Waals surface area contributed by atoms with E-state index in [4.69, 9.17) is 0 Å². The SMILES string of the molecule is CCc1ccc(NC(=O)c2c(Br)cnn2C)cc1. The molecule has 18 heavy (non-hydrogen) atoms. The third-order valence-electron chi connectivity index (χ3n) is 2.73. The lowest BCUT2D eigenvalue weighted by molar-refractivity contribution is 0.101. The number of benzene rings is 1. The summed E-state index contributed by atoms with van der Waals surface area (Å²) < 4.78 is 2.23. The molecule has 94 valence electrons. The summed E-state index contributed by atoms with van der Waals surface area (Å²) in [7, 11) is 1.74. The Labute approximate surface area is 114 Å². The molecule has 0 spiro atoms. The van der Waals surface area contributed by atoms with E-state index in [2.05, 4.69) is 33.3 Å². The van der Waals surface area contributed by atoms with Crippen LogP contribution >= 0.6 is 15.9 Å². The number of rotatable bonds is 3. The van der Waals surface area contributed by atoms with Gasteiger partial charge in [0.1, 0.15) is 5.69 Å². The second kappa shape index (κ2) is 5.35. The maximum atomic E-state index is 12.1. The summed E-state index contributed by atoms with van der Waals surface area (Å²) in [5.41, 5.74) is 2.54. The van der Waals surface area contributed by atoms with Gasteiger partial charge in [0, 0.05) is 12.7 Å². The van der Waals surface area contributed by atoms with Gasteiger partial charge in [-0.25, -0.2) is 0 Å². The van der Waals surface area contributed by atoms with E-state index in [1.165, 1.54) is 5.56 Å². The van der Waals surface area contributed by atoms with Crippen molar-refractivity contribution in [2.45, 2.75) is 13.3 Å². The number of aromatic nitrogens is 2. The van der Waals surface area contributed by atoms with Gasteiger partial charge < -0.3 is 5.32 Å². The number of nitrogens with one attached hydrogen (secondary N) is 1. The minimum Gasteiger partial charge on any atom is -0.321 e. The lowest BCUT2D eigenvalue weighted by Gasteiger charge is -2.06. The van der Waals surface area contributed by atoms with Gasteiger partial charge in [-0.2, -0.15) is 5.10 Å². The van der Waals surface area contributed by atoms with Crippen molar-refractivity contribution in [3.8, 4) is 0 Å². The number of anilines is 1. The van der Waals surface area contributed by atoms with E-state index in [9.17, 15) is 4.79 Å². The highest BCUT2D eigenvalue weighted by molar-refractivity contribution is 9.10. The standard InChI is InChI=1S/C13H14BrN3O/c1-3-9-4-6-10(7-5-9)16-13(18)12-11(14)8-15-17(12)2/h4-8H,3H2,1-2H3,(H,16,18). The summed E-state index contributed by atoms with van der Waals surface area (Å²) in [6.07, 6.45) is 2.59. The maximum Gasteiger partial charge on any atom is 0.275 e. The molecule has 0 bridgehead atoms. The first-order valence-electron chi connectivity index (χ1n) is 5.69. The highest BCUT2D eigenvalue weighted by Crippen LogP contribution is 2.17. The van der Waals surface area contributed by atoms with Crippen molar-refractivity contribution in [1.29, 1.82) is 0 Å². The number of halogens is 1. The fourth-order valence-electron chi connectivity index (χ4n) is 1.68. The second-order valence-electron chi connectivity index (χ2n) is 3.97. The van der Waals surface area contributed by atoms with E-state index in [0.717, 1.165) is 12.1 Å². The minimum absolute atomic E-state index is 0.175. The molecule has 2 aromatic rings. The topological polar surface area (TPSA) is 46.9 Å². The molecule has 0 radical (unpaired) electrons. The molecule has 0 unspecified atom stereocenters. The van der Waals surface area contributed by atoms with Crippen LogP contribution in [0.2, 0.25) is 0 Å². The quantitative estimate of drug-likeness (QED) is 0.947. The largest absolute Gasteiger partial charge is 0.321 e. The fourth-order valence-corrected chi connectivity index (χ4v) is 2.21. The number of hydrogen-bond acceptors (Lipinski definition) is 2. The Hall–Kier alpha value is -1.62. The molecule has 4 nitrogen and oxygen atoms in total. The molecular weight excluding hydrogens is 294 g/mol. The van der Waals surface area contributed by atoms with Crippen LogP contribution in [0.15, 0.2) is 34.9 Å². The number of amides is 1. The molecule has 1 N–H and O–H groups in total. The Kier molecular flexibility index (Phi) is 3.81. The Morgan fingerprint density at radius 2 is 2.06 bits per heavy atom. The lowest BCUT2D eigenvalue weighted by atomic mass is 10.1. The number of aryl methyl sites for hydroxylation is 2. The maximum absolute atomic E-state index is 12.1. The van der Waals surface area contributed by atoms with Crippen LogP contribution in [0.3, 0.4) is 0 Å². The molecule has 0 atom stereocenters. The molecule has 1 heterocycles. The molecule has 0 saturated carbocycles. The van der Waals surface area contributed by atoms with Crippen LogP contribution in [0.25, 0.3) is 0 Å². The highest BCUT2D eigenvalue weighted by atomic mass is 79.9. The number of carbonyl (C=O) groups is 1. The van der Waals surface area contributed by atoms with E-state index in [1.54, 1.807) is 17.9 Å². The monoisotopic (exact) mass is 307 g/mol. The zero-order valence-corrected chi connectivity index (χ0v) is 11.9. The Morgan fingerprint density at radius 3 is 2.56 bits per heavy atom. The van der Waals surface area contributed by atoms with Crippen LogP contribution in [0, 0.1) is 0 Å². The Bertz CT molecular complexity index is 541. The molecule has 0 aliphatic carbocycles. The predicted molar refractivity (Wildman–Crippen MR) is 74.7 cm³/mol. The molecule has 1 amide bonds. The Balaban J connectivity index is 2.16. The average Bonchev–Trinajstić information content (AvgIpc) is 2.70. The number of carbonyl (C=O) groups excluding carboxylic acids is 1. The van der Waals surface area contributed by atoms with Crippen molar-refractivity contribution in [3.05, 3.63) is 46.2 Å². The van der Waals surface area contributed by atoms with Gasteiger partial charge in [-0.05, 0) is 40.0 Å². The summed E-state index contributed by atoms with van der Waals surface area (Å²) >= 11 is 3.31. The van der Waals surface area contributed by atoms with Gasteiger partial charge in [-0.15, -0.1) is 0 Å². The Morgan fingerprint density at radius 1 is 1.39 bits per heavy atom. The van der Waals surface area contributed by atoms with Gasteiger partial charge in [-0.3, -0.25) is 9.48 Å². The van der Waals surface area contributed by atoms with Crippen molar-refractivity contribution in [1.82, 2.24) is 9.78 Å². The van der Waals surface area contributed by atoms with Gasteiger partial charge in [-0.1, -0.05) is 19.1 Å². The van der Waals surface area contributed by atoms with Crippen LogP contribution in [0.1, 0.15) is 23.0 Å². The second-order valence-corrected chi connectivity index (χ2v) is 4.82. The minimum atomic E-state index is -0.175. The molecule has 1 aromatic heterocycles. The van der Waals surface area contributed by atoms with Crippen molar-refractivity contribution < 1.29 is 4.79 Å². The van der Waals surface area contributed by atoms with Gasteiger partial charge >= 0.3 is 0 Å². The fraction of sp³-hybridized carbons (Fsp3) is 0.231. The molecule has 0 aliphatic heterocycles. The zero-order chi connectivity index (χ0) is 13.1. The van der Waals surface area contributed by atoms with Crippen molar-refractivity contribution in [2.24, 2.45) is 7.05 Å². The molecule has 0 saturated heterocycles. The van der Waals surface area contributed by atoms with Gasteiger partial charge in [0.15, 0.2) is 0 Å². The lowest BCUT2D eigenvalue weighted by Crippen LogP contribution is -2.16. The third kappa shape index (κ3) is 2.61. The first kappa shape index (κ1) is 12.8. The first-order chi connectivity index (χ1) is 8.61. The zero-order valence-electron chi connectivity index (χ0n) is 10.3. The van der Waals surface area contributed by atoms with Crippen LogP contribution in [0.4, 0.5) is 5.69 Å². The number of hydrogen-bond donors (Lipinski definition) is 1. The summed E-state index contributed by atoms with van der Waals surface area (Å²) in [5.74, 6) is -0.175. The molecule has 1 aromatic carbocycles. The van der Waals surface area contributed by atoms with Crippen LogP contribution in [-0.2, 0) is 13.5 Å². The van der Waals surface area contributed by atoms with E-state index in [0.29, 0.717) is 10.2 Å². The molecule has 0 aliphatic rings. The van der Waals surface area contributed by atoms with Gasteiger partial charge in [0.05, 0.1) is 10.7 Å². The third-order valence-corrected chi connectivity index (χ3v) is 3.31. The molecule has 0 fully saturated rings. The van der Waals surface area contributed by atoms with Crippen LogP contribution in [0.5, 0.6) is 0 Å². The summed E-state index contributed by atoms with van der Waals surface area (Å²) in [6.45, 7) is 2.10. The highest BCUT2D eigenvalue weighted by Gasteiger charge is 2.15. The number of nitrogens with zero attached hydrogens (tertiary/aromatic N) is 2. The van der Waals surface area contributed by atoms with E-state index >= 15 is 0 Å². The van der Waals surface area contributed by atoms with E-state index in [1.807, 2.05) is 24.3 Å². The summed E-state index contributed by atoms with van der Waals surface area (Å²) in [4.78, 5) is 12.1. The van der Waals surface area contributed by atoms with Gasteiger partial charge in [0.25, 0.3) is 5.91 Å². The predicted octanol–water partition coefficient (Wildman–Crippen LogP) is 3.00. The van der Waals surface area contributed by atoms with E-state index < -0.39 is 0 Å². The van der Waals surface area contributed by atoms with E-state index in [-0.39, 0.29) is 5.91 Å². The van der Waals surface area contributed by atoms with Crippen LogP contribution < -0.4 is 5.32 Å². The average molecular weight is 308 g/mol. The molecular formula is C13H14BrN3O. The molecule has 2 rings (SSSR count). The smallest absolute Gasteiger partial charge is 0.275 e. The van der Waals surface area contributed by atoms with Crippen LogP contribution in [-0.4, -0.2) is 15.7 Å². The van der Waals surface area contributed by atoms with Crippen molar-refractivity contribution >= 4 is 27.5 Å². The van der Waals surface area contributed by atoms with Gasteiger partial charge in [0.2, 0.25) is 0 Å². The van der Waals surface area contributed by atoms with Crippen molar-refractivity contribution in [2.75, 3.05) is 5.32 Å². The normalized spacial score (nSPS) is 10.4. The molecule has 5 heteroatoms.